The van der Waals surface area contributed by atoms with Gasteiger partial charge in [0.1, 0.15) is 12.1 Å². The molecule has 0 unspecified atom stereocenters. The molecule has 12 nitrogen and oxygen atoms in total. The van der Waals surface area contributed by atoms with Crippen LogP contribution in [0.2, 0.25) is 15.1 Å². The molecule has 0 spiro atoms. The van der Waals surface area contributed by atoms with Crippen molar-refractivity contribution >= 4 is 85.1 Å². The molecular weight excluding hydrogens is 647 g/mol. The van der Waals surface area contributed by atoms with Gasteiger partial charge in [-0.1, -0.05) is 46.9 Å². The van der Waals surface area contributed by atoms with Gasteiger partial charge in [0.25, 0.3) is 5.69 Å². The van der Waals surface area contributed by atoms with Gasteiger partial charge in [0.05, 0.1) is 15.8 Å². The fraction of sp³-hybridized carbons (Fsp3) is 0.133. The van der Waals surface area contributed by atoms with Crippen LogP contribution in [0.25, 0.3) is 32.7 Å². The fourth-order valence-corrected chi connectivity index (χ4v) is 5.14. The standard InChI is InChI=1S/C11H10ClN3O4.C11H11ClN2O2.C8H6ClN/c12-6-2-8-10(9(3-6)15(18)19)5(4-14-8)1-7(13)11(16)17;12-7-1-2-8-6(3-9(13)11(15)16)5-14-10(8)4-7;9-7-2-1-6-3-4-10-8(6)5-7/h2-4,7,14H,1,13H2,(H,16,17);1-2,4-5,9,14H,3,13H2,(H,15,16);1-5,10H/t7-;9-;/m00./s1. The Labute approximate surface area is 270 Å². The largest absolute Gasteiger partial charge is 0.480 e. The number of nitrogens with one attached hydrogen (secondary N) is 3. The van der Waals surface area contributed by atoms with E-state index in [2.05, 4.69) is 15.0 Å². The number of aromatic amines is 3. The Morgan fingerprint density at radius 2 is 1.31 bits per heavy atom. The number of carboxylic acid groups (broad SMARTS) is 2. The number of hydrogen-bond donors (Lipinski definition) is 7. The highest BCUT2D eigenvalue weighted by molar-refractivity contribution is 6.32. The molecule has 0 fully saturated rings. The molecule has 234 valence electrons. The summed E-state index contributed by atoms with van der Waals surface area (Å²) in [6.45, 7) is 0. The molecule has 6 aromatic rings. The Hall–Kier alpha value is -4.59. The SMILES string of the molecule is Clc1ccc2cc[nH]c2c1.N[C@@H](Cc1c[nH]c2cc(Cl)cc([N+](=O)[O-])c12)C(=O)O.N[C@@H](Cc1c[nH]c2cc(Cl)ccc12)C(=O)O. The molecule has 0 aliphatic rings. The van der Waals surface area contributed by atoms with Gasteiger partial charge in [-0.05, 0) is 52.9 Å². The third kappa shape index (κ3) is 8.32. The molecule has 0 aliphatic heterocycles. The van der Waals surface area contributed by atoms with E-state index in [1.54, 1.807) is 24.4 Å². The average molecular weight is 674 g/mol. The Balaban J connectivity index is 0.000000160. The zero-order valence-corrected chi connectivity index (χ0v) is 25.5. The first-order chi connectivity index (χ1) is 21.3. The highest BCUT2D eigenvalue weighted by atomic mass is 35.5. The van der Waals surface area contributed by atoms with Gasteiger partial charge in [0.15, 0.2) is 0 Å². The molecule has 0 radical (unpaired) electrons. The smallest absolute Gasteiger partial charge is 0.320 e. The maximum atomic E-state index is 11.0. The number of nitrogens with two attached hydrogens (primary N) is 2. The first-order valence-electron chi connectivity index (χ1n) is 13.2. The Bertz CT molecular complexity index is 2000. The minimum Gasteiger partial charge on any atom is -0.480 e. The molecule has 6 rings (SSSR count). The number of H-pyrrole nitrogens is 3. The van der Waals surface area contributed by atoms with Crippen molar-refractivity contribution < 1.29 is 24.7 Å². The van der Waals surface area contributed by atoms with Crippen molar-refractivity contribution in [3.05, 3.63) is 109 Å². The molecule has 0 saturated carbocycles. The number of non-ortho nitro benzene ring substituents is 1. The van der Waals surface area contributed by atoms with Crippen molar-refractivity contribution in [1.29, 1.82) is 0 Å². The van der Waals surface area contributed by atoms with E-state index in [0.29, 0.717) is 27.9 Å². The number of rotatable bonds is 7. The maximum absolute atomic E-state index is 11.0. The summed E-state index contributed by atoms with van der Waals surface area (Å²) in [5, 5.41) is 32.7. The fourth-order valence-electron chi connectivity index (χ4n) is 4.58. The number of fused-ring (bicyclic) bond motifs is 3. The van der Waals surface area contributed by atoms with E-state index < -0.39 is 28.9 Å². The molecule has 3 heterocycles. The average Bonchev–Trinajstić information content (AvgIpc) is 3.71. The predicted octanol–water partition coefficient (Wildman–Crippen LogP) is 6.28. The topological polar surface area (TPSA) is 217 Å². The normalized spacial score (nSPS) is 12.2. The van der Waals surface area contributed by atoms with Crippen LogP contribution in [0.3, 0.4) is 0 Å². The van der Waals surface area contributed by atoms with Crippen molar-refractivity contribution in [2.24, 2.45) is 11.5 Å². The first-order valence-corrected chi connectivity index (χ1v) is 14.4. The van der Waals surface area contributed by atoms with Gasteiger partial charge in [0, 0.05) is 69.0 Å². The lowest BCUT2D eigenvalue weighted by Crippen LogP contribution is -2.32. The van der Waals surface area contributed by atoms with Crippen LogP contribution in [0.1, 0.15) is 11.1 Å². The molecule has 45 heavy (non-hydrogen) atoms. The van der Waals surface area contributed by atoms with E-state index in [4.69, 9.17) is 56.5 Å². The van der Waals surface area contributed by atoms with Crippen LogP contribution in [0.4, 0.5) is 5.69 Å². The van der Waals surface area contributed by atoms with Gasteiger partial charge in [-0.15, -0.1) is 0 Å². The number of hydrogen-bond acceptors (Lipinski definition) is 6. The van der Waals surface area contributed by atoms with Crippen LogP contribution < -0.4 is 11.5 Å². The third-order valence-corrected chi connectivity index (χ3v) is 7.45. The maximum Gasteiger partial charge on any atom is 0.320 e. The summed E-state index contributed by atoms with van der Waals surface area (Å²) in [5.74, 6) is -2.16. The van der Waals surface area contributed by atoms with Crippen molar-refractivity contribution in [3.8, 4) is 0 Å². The van der Waals surface area contributed by atoms with Gasteiger partial charge >= 0.3 is 11.9 Å². The number of aliphatic carboxylic acids is 2. The molecule has 0 aliphatic carbocycles. The summed E-state index contributed by atoms with van der Waals surface area (Å²) in [5.41, 5.74) is 14.6. The van der Waals surface area contributed by atoms with Crippen LogP contribution in [-0.2, 0) is 22.4 Å². The quantitative estimate of drug-likeness (QED) is 0.0753. The Kier molecular flexibility index (Phi) is 10.7. The van der Waals surface area contributed by atoms with Crippen LogP contribution in [0.15, 0.2) is 73.2 Å². The third-order valence-electron chi connectivity index (χ3n) is 6.76. The van der Waals surface area contributed by atoms with Gasteiger partial charge in [-0.2, -0.15) is 0 Å². The molecule has 0 bridgehead atoms. The van der Waals surface area contributed by atoms with E-state index in [1.165, 1.54) is 17.6 Å². The van der Waals surface area contributed by atoms with E-state index in [-0.39, 0.29) is 17.1 Å². The summed E-state index contributed by atoms with van der Waals surface area (Å²) in [6, 6.07) is 14.0. The second-order valence-corrected chi connectivity index (χ2v) is 11.2. The Morgan fingerprint density at radius 1 is 0.756 bits per heavy atom. The highest BCUT2D eigenvalue weighted by Gasteiger charge is 2.22. The summed E-state index contributed by atoms with van der Waals surface area (Å²) >= 11 is 17.4. The zero-order chi connectivity index (χ0) is 32.8. The number of aromatic nitrogens is 3. The van der Waals surface area contributed by atoms with Crippen molar-refractivity contribution in [3.63, 3.8) is 0 Å². The summed E-state index contributed by atoms with van der Waals surface area (Å²) in [7, 11) is 0. The molecule has 2 atom stereocenters. The number of nitro benzene ring substituents is 1. The minimum absolute atomic E-state index is 0.00218. The monoisotopic (exact) mass is 672 g/mol. The van der Waals surface area contributed by atoms with Crippen LogP contribution in [-0.4, -0.2) is 54.1 Å². The van der Waals surface area contributed by atoms with Crippen LogP contribution in [0, 0.1) is 10.1 Å². The molecule has 15 heteroatoms. The second kappa shape index (κ2) is 14.5. The van der Waals surface area contributed by atoms with E-state index in [9.17, 15) is 19.7 Å². The van der Waals surface area contributed by atoms with E-state index in [1.807, 2.05) is 36.5 Å². The Morgan fingerprint density at radius 3 is 1.96 bits per heavy atom. The van der Waals surface area contributed by atoms with E-state index >= 15 is 0 Å². The molecular formula is C30H27Cl3N6O6. The number of nitrogens with zero attached hydrogens (tertiary/aromatic N) is 1. The van der Waals surface area contributed by atoms with E-state index in [0.717, 1.165) is 27.0 Å². The van der Waals surface area contributed by atoms with Crippen LogP contribution >= 0.6 is 34.8 Å². The lowest BCUT2D eigenvalue weighted by molar-refractivity contribution is -0.383. The van der Waals surface area contributed by atoms with Crippen molar-refractivity contribution in [1.82, 2.24) is 15.0 Å². The number of carbonyl (C=O) groups is 2. The number of benzene rings is 3. The predicted molar refractivity (Wildman–Crippen MR) is 175 cm³/mol. The number of carboxylic acids is 2. The van der Waals surface area contributed by atoms with Crippen molar-refractivity contribution in [2.75, 3.05) is 0 Å². The van der Waals surface area contributed by atoms with Crippen LogP contribution in [0.5, 0.6) is 0 Å². The zero-order valence-electron chi connectivity index (χ0n) is 23.3. The minimum atomic E-state index is -1.16. The molecule has 3 aromatic heterocycles. The number of halogens is 3. The molecule has 0 saturated heterocycles. The first kappa shape index (κ1) is 33.3. The number of nitro groups is 1. The molecule has 9 N–H and O–H groups in total. The van der Waals surface area contributed by atoms with Gasteiger partial charge in [-0.3, -0.25) is 19.7 Å². The summed E-state index contributed by atoms with van der Waals surface area (Å²) < 4.78 is 0. The second-order valence-electron chi connectivity index (χ2n) is 9.93. The lowest BCUT2D eigenvalue weighted by atomic mass is 10.0. The highest BCUT2D eigenvalue weighted by Crippen LogP contribution is 2.32. The van der Waals surface area contributed by atoms with Gasteiger partial charge in [-0.25, -0.2) is 0 Å². The lowest BCUT2D eigenvalue weighted by Gasteiger charge is -2.05. The summed E-state index contributed by atoms with van der Waals surface area (Å²) in [6.07, 6.45) is 5.48. The molecule has 0 amide bonds. The van der Waals surface area contributed by atoms with Gasteiger partial charge in [0.2, 0.25) is 0 Å². The summed E-state index contributed by atoms with van der Waals surface area (Å²) in [4.78, 5) is 40.8. The van der Waals surface area contributed by atoms with Gasteiger partial charge < -0.3 is 36.6 Å². The van der Waals surface area contributed by atoms with Crippen molar-refractivity contribution in [2.45, 2.75) is 24.9 Å². The molecule has 3 aromatic carbocycles.